The first-order valence-electron chi connectivity index (χ1n) is 6.74. The van der Waals surface area contributed by atoms with Crippen LogP contribution in [-0.4, -0.2) is 32.1 Å². The summed E-state index contributed by atoms with van der Waals surface area (Å²) in [5.41, 5.74) is 1.84. The van der Waals surface area contributed by atoms with Gasteiger partial charge in [-0.05, 0) is 30.2 Å². The van der Waals surface area contributed by atoms with Gasteiger partial charge in [-0.3, -0.25) is 10.1 Å². The van der Waals surface area contributed by atoms with Crippen LogP contribution in [0.2, 0.25) is 0 Å². The summed E-state index contributed by atoms with van der Waals surface area (Å²) >= 11 is 0. The number of benzene rings is 1. The number of hydrogen-bond acceptors (Lipinski definition) is 4. The third-order valence-corrected chi connectivity index (χ3v) is 2.87. The van der Waals surface area contributed by atoms with Crippen molar-refractivity contribution in [1.29, 1.82) is 0 Å². The van der Waals surface area contributed by atoms with Crippen molar-refractivity contribution in [3.63, 3.8) is 0 Å². The molecule has 1 heterocycles. The molecule has 3 N–H and O–H groups in total. The number of carboxylic acid groups (broad SMARTS) is 1. The van der Waals surface area contributed by atoms with Crippen LogP contribution in [0.1, 0.15) is 25.5 Å². The highest BCUT2D eigenvalue weighted by atomic mass is 16.4. The van der Waals surface area contributed by atoms with E-state index < -0.39 is 6.09 Å². The van der Waals surface area contributed by atoms with Gasteiger partial charge in [-0.25, -0.2) is 9.48 Å². The van der Waals surface area contributed by atoms with E-state index in [9.17, 15) is 9.59 Å². The Morgan fingerprint density at radius 3 is 2.27 bits per heavy atom. The number of nitrogens with zero attached hydrogens (tertiary/aromatic N) is 3. The van der Waals surface area contributed by atoms with Crippen molar-refractivity contribution < 1.29 is 14.7 Å². The Morgan fingerprint density at radius 1 is 1.18 bits per heavy atom. The molecule has 0 saturated carbocycles. The van der Waals surface area contributed by atoms with E-state index in [0.29, 0.717) is 11.4 Å². The van der Waals surface area contributed by atoms with Gasteiger partial charge in [-0.15, -0.1) is 5.10 Å². The SMILES string of the molecule is CC(C)c1cn(CC(=O)Nc2ccc(NC(=O)O)cc2)nn1. The first-order valence-corrected chi connectivity index (χ1v) is 6.74. The average molecular weight is 303 g/mol. The minimum absolute atomic E-state index is 0.0643. The fourth-order valence-corrected chi connectivity index (χ4v) is 1.76. The van der Waals surface area contributed by atoms with Crippen LogP contribution in [-0.2, 0) is 11.3 Å². The van der Waals surface area contributed by atoms with Crippen LogP contribution < -0.4 is 10.6 Å². The van der Waals surface area contributed by atoms with E-state index in [-0.39, 0.29) is 18.4 Å². The van der Waals surface area contributed by atoms with Gasteiger partial charge in [0, 0.05) is 17.6 Å². The maximum atomic E-state index is 11.9. The van der Waals surface area contributed by atoms with Gasteiger partial charge in [0.25, 0.3) is 0 Å². The van der Waals surface area contributed by atoms with Crippen LogP contribution in [0.15, 0.2) is 30.5 Å². The molecule has 2 rings (SSSR count). The Morgan fingerprint density at radius 2 is 1.77 bits per heavy atom. The molecule has 1 aromatic carbocycles. The highest BCUT2D eigenvalue weighted by Gasteiger charge is 2.08. The van der Waals surface area contributed by atoms with Gasteiger partial charge in [-0.1, -0.05) is 19.1 Å². The molecule has 0 aliphatic heterocycles. The van der Waals surface area contributed by atoms with E-state index in [1.54, 1.807) is 30.5 Å². The number of amides is 2. The lowest BCUT2D eigenvalue weighted by Gasteiger charge is -2.06. The minimum atomic E-state index is -1.14. The molecule has 22 heavy (non-hydrogen) atoms. The standard InChI is InChI=1S/C14H17N5O3/c1-9(2)12-7-19(18-17-12)8-13(20)15-10-3-5-11(6-4-10)16-14(21)22/h3-7,9,16H,8H2,1-2H3,(H,15,20)(H,21,22). The predicted molar refractivity (Wildman–Crippen MR) is 80.8 cm³/mol. The molecular formula is C14H17N5O3. The van der Waals surface area contributed by atoms with Crippen molar-refractivity contribution in [2.75, 3.05) is 10.6 Å². The molecule has 0 spiro atoms. The van der Waals surface area contributed by atoms with Gasteiger partial charge < -0.3 is 10.4 Å². The van der Waals surface area contributed by atoms with Gasteiger partial charge >= 0.3 is 6.09 Å². The molecule has 116 valence electrons. The lowest BCUT2D eigenvalue weighted by atomic mass is 10.2. The molecule has 0 aliphatic carbocycles. The minimum Gasteiger partial charge on any atom is -0.465 e. The molecule has 0 fully saturated rings. The number of carbonyl (C=O) groups is 2. The van der Waals surface area contributed by atoms with E-state index in [2.05, 4.69) is 20.9 Å². The average Bonchev–Trinajstić information content (AvgIpc) is 2.89. The zero-order valence-electron chi connectivity index (χ0n) is 12.3. The number of carbonyl (C=O) groups excluding carboxylic acids is 1. The molecule has 2 amide bonds. The largest absolute Gasteiger partial charge is 0.465 e. The van der Waals surface area contributed by atoms with E-state index >= 15 is 0 Å². The van der Waals surface area contributed by atoms with E-state index in [4.69, 9.17) is 5.11 Å². The lowest BCUT2D eigenvalue weighted by Crippen LogP contribution is -2.19. The van der Waals surface area contributed by atoms with Crippen LogP contribution in [0.25, 0.3) is 0 Å². The summed E-state index contributed by atoms with van der Waals surface area (Å²) in [4.78, 5) is 22.4. The fourth-order valence-electron chi connectivity index (χ4n) is 1.76. The second-order valence-electron chi connectivity index (χ2n) is 5.05. The molecule has 0 radical (unpaired) electrons. The highest BCUT2D eigenvalue weighted by molar-refractivity contribution is 5.91. The molecule has 0 aliphatic rings. The first kappa shape index (κ1) is 15.5. The normalized spacial score (nSPS) is 10.5. The molecule has 0 atom stereocenters. The van der Waals surface area contributed by atoms with Crippen LogP contribution in [0.5, 0.6) is 0 Å². The fraction of sp³-hybridized carbons (Fsp3) is 0.286. The Hall–Kier alpha value is -2.90. The number of nitrogens with one attached hydrogen (secondary N) is 2. The molecule has 2 aromatic rings. The van der Waals surface area contributed by atoms with Crippen molar-refractivity contribution in [3.05, 3.63) is 36.2 Å². The van der Waals surface area contributed by atoms with Crippen LogP contribution in [0.4, 0.5) is 16.2 Å². The molecule has 0 unspecified atom stereocenters. The summed E-state index contributed by atoms with van der Waals surface area (Å²) in [6.07, 6.45) is 0.605. The lowest BCUT2D eigenvalue weighted by molar-refractivity contribution is -0.116. The summed E-state index contributed by atoms with van der Waals surface area (Å²) < 4.78 is 1.48. The molecule has 1 aromatic heterocycles. The maximum absolute atomic E-state index is 11.9. The summed E-state index contributed by atoms with van der Waals surface area (Å²) in [5.74, 6) is 0.0187. The Labute approximate surface area is 127 Å². The van der Waals surface area contributed by atoms with Crippen molar-refractivity contribution in [2.24, 2.45) is 0 Å². The van der Waals surface area contributed by atoms with Gasteiger partial charge in [0.1, 0.15) is 6.54 Å². The Kier molecular flexibility index (Phi) is 4.72. The van der Waals surface area contributed by atoms with E-state index in [0.717, 1.165) is 5.69 Å². The summed E-state index contributed by atoms with van der Waals surface area (Å²) in [7, 11) is 0. The van der Waals surface area contributed by atoms with Gasteiger partial charge in [0.05, 0.1) is 5.69 Å². The smallest absolute Gasteiger partial charge is 0.409 e. The molecule has 8 heteroatoms. The number of aromatic nitrogens is 3. The molecule has 0 bridgehead atoms. The topological polar surface area (TPSA) is 109 Å². The molecule has 8 nitrogen and oxygen atoms in total. The number of anilines is 2. The third kappa shape index (κ3) is 4.30. The Bertz CT molecular complexity index is 663. The van der Waals surface area contributed by atoms with Crippen molar-refractivity contribution in [1.82, 2.24) is 15.0 Å². The monoisotopic (exact) mass is 303 g/mol. The Balaban J connectivity index is 1.92. The number of rotatable bonds is 5. The summed E-state index contributed by atoms with van der Waals surface area (Å²) in [6, 6.07) is 6.36. The van der Waals surface area contributed by atoms with E-state index in [1.165, 1.54) is 4.68 Å². The van der Waals surface area contributed by atoms with Gasteiger partial charge in [0.15, 0.2) is 0 Å². The van der Waals surface area contributed by atoms with Crippen molar-refractivity contribution in [3.8, 4) is 0 Å². The molecular weight excluding hydrogens is 286 g/mol. The first-order chi connectivity index (χ1) is 10.4. The predicted octanol–water partition coefficient (Wildman–Crippen LogP) is 2.13. The van der Waals surface area contributed by atoms with E-state index in [1.807, 2.05) is 13.8 Å². The van der Waals surface area contributed by atoms with Gasteiger partial charge in [0.2, 0.25) is 5.91 Å². The summed E-state index contributed by atoms with van der Waals surface area (Å²) in [6.45, 7) is 4.07. The van der Waals surface area contributed by atoms with Crippen LogP contribution in [0.3, 0.4) is 0 Å². The number of hydrogen-bond donors (Lipinski definition) is 3. The zero-order valence-corrected chi connectivity index (χ0v) is 12.3. The van der Waals surface area contributed by atoms with Crippen molar-refractivity contribution in [2.45, 2.75) is 26.3 Å². The van der Waals surface area contributed by atoms with Crippen molar-refractivity contribution >= 4 is 23.4 Å². The van der Waals surface area contributed by atoms with Crippen LogP contribution in [0, 0.1) is 0 Å². The maximum Gasteiger partial charge on any atom is 0.409 e. The van der Waals surface area contributed by atoms with Gasteiger partial charge in [-0.2, -0.15) is 0 Å². The quantitative estimate of drug-likeness (QED) is 0.784. The molecule has 0 saturated heterocycles. The third-order valence-electron chi connectivity index (χ3n) is 2.87. The zero-order chi connectivity index (χ0) is 16.1. The highest BCUT2D eigenvalue weighted by Crippen LogP contribution is 2.14. The summed E-state index contributed by atoms with van der Waals surface area (Å²) in [5, 5.41) is 21.4. The second kappa shape index (κ2) is 6.70. The second-order valence-corrected chi connectivity index (χ2v) is 5.05. The van der Waals surface area contributed by atoms with Crippen LogP contribution >= 0.6 is 0 Å².